The summed E-state index contributed by atoms with van der Waals surface area (Å²) in [7, 11) is 0. The van der Waals surface area contributed by atoms with Gasteiger partial charge in [0.25, 0.3) is 0 Å². The van der Waals surface area contributed by atoms with Gasteiger partial charge in [0.05, 0.1) is 16.7 Å². The number of carboxylic acids is 1. The molecule has 1 saturated heterocycles. The number of halogens is 1. The SMILES string of the molecule is CCC1CN(c2ncc(Br)c(C(=O)O)n2)CC(CC)O1. The number of aromatic carboxylic acids is 1. The monoisotopic (exact) mass is 343 g/mol. The van der Waals surface area contributed by atoms with Crippen LogP contribution in [0.1, 0.15) is 37.2 Å². The predicted octanol–water partition coefficient (Wildman–Crippen LogP) is 2.33. The fourth-order valence-corrected chi connectivity index (χ4v) is 2.56. The molecule has 0 bridgehead atoms. The largest absolute Gasteiger partial charge is 0.476 e. The molecule has 2 atom stereocenters. The van der Waals surface area contributed by atoms with E-state index in [1.807, 2.05) is 4.90 Å². The van der Waals surface area contributed by atoms with Crippen molar-refractivity contribution in [1.29, 1.82) is 0 Å². The van der Waals surface area contributed by atoms with E-state index in [0.717, 1.165) is 12.8 Å². The first-order valence-corrected chi connectivity index (χ1v) is 7.50. The molecule has 110 valence electrons. The van der Waals surface area contributed by atoms with Crippen LogP contribution in [0.3, 0.4) is 0 Å². The second-order valence-electron chi connectivity index (χ2n) is 4.77. The van der Waals surface area contributed by atoms with Gasteiger partial charge in [-0.15, -0.1) is 0 Å². The van der Waals surface area contributed by atoms with E-state index in [2.05, 4.69) is 39.7 Å². The van der Waals surface area contributed by atoms with Crippen molar-refractivity contribution in [2.24, 2.45) is 0 Å². The lowest BCUT2D eigenvalue weighted by atomic mass is 10.1. The normalized spacial score (nSPS) is 22.9. The summed E-state index contributed by atoms with van der Waals surface area (Å²) in [5.74, 6) is -0.612. The smallest absolute Gasteiger partial charge is 0.355 e. The van der Waals surface area contributed by atoms with Gasteiger partial charge in [0, 0.05) is 19.3 Å². The topological polar surface area (TPSA) is 75.6 Å². The standard InChI is InChI=1S/C13H18BrN3O3/c1-3-8-6-17(7-9(4-2)20-8)13-15-5-10(14)11(16-13)12(18)19/h5,8-9H,3-4,6-7H2,1-2H3,(H,18,19). The number of nitrogens with zero attached hydrogens (tertiary/aromatic N) is 3. The minimum atomic E-state index is -1.06. The average Bonchev–Trinajstić information content (AvgIpc) is 2.46. The number of ether oxygens (including phenoxy) is 1. The van der Waals surface area contributed by atoms with Crippen LogP contribution >= 0.6 is 15.9 Å². The lowest BCUT2D eigenvalue weighted by Gasteiger charge is -2.37. The molecule has 1 fully saturated rings. The first-order chi connectivity index (χ1) is 9.55. The lowest BCUT2D eigenvalue weighted by Crippen LogP contribution is -2.48. The van der Waals surface area contributed by atoms with Gasteiger partial charge in [0.15, 0.2) is 5.69 Å². The van der Waals surface area contributed by atoms with E-state index in [9.17, 15) is 4.79 Å². The molecule has 0 spiro atoms. The third-order valence-electron chi connectivity index (χ3n) is 3.36. The van der Waals surface area contributed by atoms with E-state index in [0.29, 0.717) is 23.5 Å². The number of hydrogen-bond donors (Lipinski definition) is 1. The fraction of sp³-hybridized carbons (Fsp3) is 0.615. The number of rotatable bonds is 4. The number of hydrogen-bond acceptors (Lipinski definition) is 5. The Morgan fingerprint density at radius 2 is 2.05 bits per heavy atom. The van der Waals surface area contributed by atoms with E-state index < -0.39 is 5.97 Å². The molecule has 0 saturated carbocycles. The highest BCUT2D eigenvalue weighted by molar-refractivity contribution is 9.10. The second kappa shape index (κ2) is 6.49. The molecule has 2 unspecified atom stereocenters. The van der Waals surface area contributed by atoms with Crippen LogP contribution in [0.25, 0.3) is 0 Å². The molecule has 2 heterocycles. The van der Waals surface area contributed by atoms with Gasteiger partial charge in [0.2, 0.25) is 5.95 Å². The number of anilines is 1. The van der Waals surface area contributed by atoms with Gasteiger partial charge in [0.1, 0.15) is 0 Å². The molecule has 20 heavy (non-hydrogen) atoms. The van der Waals surface area contributed by atoms with Gasteiger partial charge < -0.3 is 14.7 Å². The van der Waals surface area contributed by atoms with Crippen molar-refractivity contribution in [1.82, 2.24) is 9.97 Å². The number of morpholine rings is 1. The molecule has 0 aliphatic carbocycles. The van der Waals surface area contributed by atoms with Crippen LogP contribution in [-0.4, -0.2) is 46.3 Å². The van der Waals surface area contributed by atoms with E-state index >= 15 is 0 Å². The average molecular weight is 344 g/mol. The van der Waals surface area contributed by atoms with Crippen LogP contribution in [0.4, 0.5) is 5.95 Å². The van der Waals surface area contributed by atoms with Crippen molar-refractivity contribution in [2.45, 2.75) is 38.9 Å². The Labute approximate surface area is 126 Å². The molecule has 1 aromatic rings. The van der Waals surface area contributed by atoms with Crippen LogP contribution in [-0.2, 0) is 4.74 Å². The van der Waals surface area contributed by atoms with Crippen LogP contribution in [0.15, 0.2) is 10.7 Å². The zero-order valence-electron chi connectivity index (χ0n) is 11.5. The molecule has 1 aliphatic rings. The summed E-state index contributed by atoms with van der Waals surface area (Å²) in [5.41, 5.74) is -0.0115. The highest BCUT2D eigenvalue weighted by atomic mass is 79.9. The van der Waals surface area contributed by atoms with E-state index in [-0.39, 0.29) is 17.9 Å². The van der Waals surface area contributed by atoms with Crippen molar-refractivity contribution < 1.29 is 14.6 Å². The van der Waals surface area contributed by atoms with Crippen LogP contribution < -0.4 is 4.90 Å². The van der Waals surface area contributed by atoms with Crippen molar-refractivity contribution >= 4 is 27.8 Å². The quantitative estimate of drug-likeness (QED) is 0.904. The fourth-order valence-electron chi connectivity index (χ4n) is 2.20. The summed E-state index contributed by atoms with van der Waals surface area (Å²) < 4.78 is 6.30. The van der Waals surface area contributed by atoms with Crippen LogP contribution in [0, 0.1) is 0 Å². The van der Waals surface area contributed by atoms with Gasteiger partial charge in [-0.1, -0.05) is 13.8 Å². The highest BCUT2D eigenvalue weighted by Gasteiger charge is 2.28. The minimum absolute atomic E-state index is 0.0115. The molecule has 0 radical (unpaired) electrons. The number of carboxylic acid groups (broad SMARTS) is 1. The zero-order valence-corrected chi connectivity index (χ0v) is 13.1. The Hall–Kier alpha value is -1.21. The van der Waals surface area contributed by atoms with Gasteiger partial charge in [-0.3, -0.25) is 0 Å². The Balaban J connectivity index is 2.25. The van der Waals surface area contributed by atoms with E-state index in [1.165, 1.54) is 6.20 Å². The first-order valence-electron chi connectivity index (χ1n) is 6.71. The van der Waals surface area contributed by atoms with Gasteiger partial charge in [-0.2, -0.15) is 0 Å². The molecule has 0 aromatic carbocycles. The molecule has 0 amide bonds. The predicted molar refractivity (Wildman–Crippen MR) is 78.1 cm³/mol. The maximum atomic E-state index is 11.1. The molecule has 7 heteroatoms. The van der Waals surface area contributed by atoms with Gasteiger partial charge in [-0.05, 0) is 28.8 Å². The molecule has 1 aliphatic heterocycles. The maximum Gasteiger partial charge on any atom is 0.355 e. The van der Waals surface area contributed by atoms with Gasteiger partial charge >= 0.3 is 5.97 Å². The Bertz CT molecular complexity index is 486. The van der Waals surface area contributed by atoms with Crippen LogP contribution in [0.2, 0.25) is 0 Å². The summed E-state index contributed by atoms with van der Waals surface area (Å²) in [6.07, 6.45) is 3.58. The number of aromatic nitrogens is 2. The van der Waals surface area contributed by atoms with Crippen molar-refractivity contribution in [3.63, 3.8) is 0 Å². The summed E-state index contributed by atoms with van der Waals surface area (Å²) in [4.78, 5) is 21.5. The Morgan fingerprint density at radius 3 is 2.55 bits per heavy atom. The summed E-state index contributed by atoms with van der Waals surface area (Å²) in [6, 6.07) is 0. The van der Waals surface area contributed by atoms with Crippen molar-refractivity contribution in [3.8, 4) is 0 Å². The van der Waals surface area contributed by atoms with E-state index in [1.54, 1.807) is 0 Å². The first kappa shape index (κ1) is 15.2. The molecule has 6 nitrogen and oxygen atoms in total. The number of carbonyl (C=O) groups is 1. The molecule has 2 rings (SSSR count). The summed E-state index contributed by atoms with van der Waals surface area (Å²) >= 11 is 3.16. The summed E-state index contributed by atoms with van der Waals surface area (Å²) in [6.45, 7) is 5.53. The zero-order chi connectivity index (χ0) is 14.7. The van der Waals surface area contributed by atoms with Crippen LogP contribution in [0.5, 0.6) is 0 Å². The molecular weight excluding hydrogens is 326 g/mol. The molecule has 1 N–H and O–H groups in total. The molecule has 1 aromatic heterocycles. The Morgan fingerprint density at radius 1 is 1.45 bits per heavy atom. The van der Waals surface area contributed by atoms with Gasteiger partial charge in [-0.25, -0.2) is 14.8 Å². The molecular formula is C13H18BrN3O3. The maximum absolute atomic E-state index is 11.1. The van der Waals surface area contributed by atoms with Crippen molar-refractivity contribution in [3.05, 3.63) is 16.4 Å². The lowest BCUT2D eigenvalue weighted by molar-refractivity contribution is -0.0290. The Kier molecular flexibility index (Phi) is 4.93. The summed E-state index contributed by atoms with van der Waals surface area (Å²) in [5, 5.41) is 9.12. The van der Waals surface area contributed by atoms with E-state index in [4.69, 9.17) is 9.84 Å². The third-order valence-corrected chi connectivity index (χ3v) is 3.94. The third kappa shape index (κ3) is 3.27. The van der Waals surface area contributed by atoms with Crippen molar-refractivity contribution in [2.75, 3.05) is 18.0 Å². The minimum Gasteiger partial charge on any atom is -0.476 e. The highest BCUT2D eigenvalue weighted by Crippen LogP contribution is 2.22. The second-order valence-corrected chi connectivity index (χ2v) is 5.63.